The van der Waals surface area contributed by atoms with Crippen molar-refractivity contribution in [1.29, 1.82) is 0 Å². The molecule has 0 aromatic heterocycles. The number of hydrogen-bond acceptors (Lipinski definition) is 6. The SMILES string of the molecule is CC(C)(C)OC(=O)NCCCCCCN[C@@H](CCCNC(=O)OC(C)(C)C)C(=O)O. The number of alkyl carbamates (subject to hydrolysis) is 2. The van der Waals surface area contributed by atoms with Crippen molar-refractivity contribution in [2.75, 3.05) is 19.6 Å². The van der Waals surface area contributed by atoms with Gasteiger partial charge in [-0.3, -0.25) is 4.79 Å². The molecule has 0 spiro atoms. The van der Waals surface area contributed by atoms with Gasteiger partial charge in [0, 0.05) is 13.1 Å². The Hall–Kier alpha value is -2.03. The first-order valence-electron chi connectivity index (χ1n) is 10.7. The van der Waals surface area contributed by atoms with E-state index in [9.17, 15) is 19.5 Å². The Morgan fingerprint density at radius 3 is 1.60 bits per heavy atom. The molecule has 0 unspecified atom stereocenters. The van der Waals surface area contributed by atoms with Crippen molar-refractivity contribution in [3.05, 3.63) is 0 Å². The van der Waals surface area contributed by atoms with Gasteiger partial charge >= 0.3 is 18.2 Å². The molecule has 9 nitrogen and oxygen atoms in total. The fourth-order valence-corrected chi connectivity index (χ4v) is 2.51. The summed E-state index contributed by atoms with van der Waals surface area (Å²) in [6.07, 6.45) is 3.64. The van der Waals surface area contributed by atoms with Crippen LogP contribution in [0.5, 0.6) is 0 Å². The third kappa shape index (κ3) is 18.0. The zero-order valence-electron chi connectivity index (χ0n) is 19.4. The van der Waals surface area contributed by atoms with E-state index in [1.807, 2.05) is 20.8 Å². The van der Waals surface area contributed by atoms with Crippen molar-refractivity contribution >= 4 is 18.2 Å². The standard InChI is InChI=1S/C21H41N3O6/c1-20(2,3)29-18(27)23-14-10-8-7-9-13-22-16(17(25)26)12-11-15-24-19(28)30-21(4,5)6/h16,22H,7-15H2,1-6H3,(H,23,27)(H,24,28)(H,25,26)/t16-/m0/s1. The molecule has 2 amide bonds. The number of carbonyl (C=O) groups is 3. The Morgan fingerprint density at radius 1 is 0.733 bits per heavy atom. The first-order valence-corrected chi connectivity index (χ1v) is 10.7. The molecule has 0 aliphatic rings. The summed E-state index contributed by atoms with van der Waals surface area (Å²) in [4.78, 5) is 34.4. The summed E-state index contributed by atoms with van der Waals surface area (Å²) in [5.74, 6) is -0.895. The molecule has 30 heavy (non-hydrogen) atoms. The number of aliphatic carboxylic acids is 1. The minimum Gasteiger partial charge on any atom is -0.480 e. The van der Waals surface area contributed by atoms with Gasteiger partial charge in [0.1, 0.15) is 17.2 Å². The second-order valence-electron chi connectivity index (χ2n) is 9.26. The van der Waals surface area contributed by atoms with Crippen LogP contribution in [0.15, 0.2) is 0 Å². The fourth-order valence-electron chi connectivity index (χ4n) is 2.51. The summed E-state index contributed by atoms with van der Waals surface area (Å²) in [7, 11) is 0. The number of carboxylic acids is 1. The van der Waals surface area contributed by atoms with Crippen LogP contribution in [0.4, 0.5) is 9.59 Å². The van der Waals surface area contributed by atoms with Crippen molar-refractivity contribution in [3.63, 3.8) is 0 Å². The molecule has 0 fully saturated rings. The Kier molecular flexibility index (Phi) is 13.1. The highest BCUT2D eigenvalue weighted by molar-refractivity contribution is 5.73. The number of unbranched alkanes of at least 4 members (excludes halogenated alkanes) is 3. The highest BCUT2D eigenvalue weighted by Gasteiger charge is 2.18. The smallest absolute Gasteiger partial charge is 0.407 e. The molecule has 0 aromatic carbocycles. The van der Waals surface area contributed by atoms with Crippen molar-refractivity contribution in [3.8, 4) is 0 Å². The lowest BCUT2D eigenvalue weighted by Crippen LogP contribution is -2.38. The third-order valence-electron chi connectivity index (χ3n) is 3.80. The third-order valence-corrected chi connectivity index (χ3v) is 3.80. The number of carbonyl (C=O) groups excluding carboxylic acids is 2. The van der Waals surface area contributed by atoms with Crippen LogP contribution in [0, 0.1) is 0 Å². The molecule has 0 aliphatic carbocycles. The van der Waals surface area contributed by atoms with E-state index in [1.54, 1.807) is 20.8 Å². The van der Waals surface area contributed by atoms with E-state index in [1.165, 1.54) is 0 Å². The molecule has 0 bridgehead atoms. The highest BCUT2D eigenvalue weighted by atomic mass is 16.6. The monoisotopic (exact) mass is 431 g/mol. The molecule has 176 valence electrons. The molecule has 0 saturated carbocycles. The predicted molar refractivity (Wildman–Crippen MR) is 116 cm³/mol. The molecular formula is C21H41N3O6. The maximum Gasteiger partial charge on any atom is 0.407 e. The lowest BCUT2D eigenvalue weighted by atomic mass is 10.1. The number of nitrogens with one attached hydrogen (secondary N) is 3. The van der Waals surface area contributed by atoms with Gasteiger partial charge in [0.05, 0.1) is 0 Å². The summed E-state index contributed by atoms with van der Waals surface area (Å²) in [6.45, 7) is 12.4. The number of hydrogen-bond donors (Lipinski definition) is 4. The number of amides is 2. The van der Waals surface area contributed by atoms with Crippen molar-refractivity contribution < 1.29 is 29.0 Å². The number of ether oxygens (including phenoxy) is 2. The normalized spacial score (nSPS) is 12.7. The zero-order chi connectivity index (χ0) is 23.2. The van der Waals surface area contributed by atoms with Gasteiger partial charge in [-0.25, -0.2) is 9.59 Å². The van der Waals surface area contributed by atoms with Gasteiger partial charge in [0.15, 0.2) is 0 Å². The minimum atomic E-state index is -0.895. The second-order valence-corrected chi connectivity index (χ2v) is 9.26. The zero-order valence-corrected chi connectivity index (χ0v) is 19.4. The summed E-state index contributed by atoms with van der Waals surface area (Å²) < 4.78 is 10.3. The number of carboxylic acid groups (broad SMARTS) is 1. The van der Waals surface area contributed by atoms with E-state index in [0.29, 0.717) is 32.5 Å². The molecule has 0 heterocycles. The van der Waals surface area contributed by atoms with Crippen LogP contribution in [0.1, 0.15) is 80.1 Å². The van der Waals surface area contributed by atoms with Gasteiger partial charge in [0.25, 0.3) is 0 Å². The van der Waals surface area contributed by atoms with Crippen LogP contribution in [0.3, 0.4) is 0 Å². The fraction of sp³-hybridized carbons (Fsp3) is 0.857. The molecule has 0 rings (SSSR count). The van der Waals surface area contributed by atoms with Crippen molar-refractivity contribution in [2.45, 2.75) is 97.3 Å². The molecule has 9 heteroatoms. The number of rotatable bonds is 13. The maximum atomic E-state index is 11.6. The Morgan fingerprint density at radius 2 is 1.17 bits per heavy atom. The van der Waals surface area contributed by atoms with E-state index in [0.717, 1.165) is 25.7 Å². The molecule has 0 radical (unpaired) electrons. The minimum absolute atomic E-state index is 0.366. The molecule has 1 atom stereocenters. The Balaban J connectivity index is 3.79. The predicted octanol–water partition coefficient (Wildman–Crippen LogP) is 3.42. The van der Waals surface area contributed by atoms with Crippen LogP contribution in [-0.2, 0) is 14.3 Å². The largest absolute Gasteiger partial charge is 0.480 e. The topological polar surface area (TPSA) is 126 Å². The van der Waals surface area contributed by atoms with E-state index in [4.69, 9.17) is 9.47 Å². The molecule has 4 N–H and O–H groups in total. The molecule has 0 saturated heterocycles. The quantitative estimate of drug-likeness (QED) is 0.329. The van der Waals surface area contributed by atoms with Crippen molar-refractivity contribution in [1.82, 2.24) is 16.0 Å². The molecular weight excluding hydrogens is 390 g/mol. The summed E-state index contributed by atoms with van der Waals surface area (Å²) >= 11 is 0. The lowest BCUT2D eigenvalue weighted by Gasteiger charge is -2.20. The highest BCUT2D eigenvalue weighted by Crippen LogP contribution is 2.07. The summed E-state index contributed by atoms with van der Waals surface area (Å²) in [5, 5.41) is 17.7. The molecule has 0 aromatic rings. The van der Waals surface area contributed by atoms with Crippen molar-refractivity contribution in [2.24, 2.45) is 0 Å². The van der Waals surface area contributed by atoms with E-state index in [-0.39, 0.29) is 0 Å². The van der Waals surface area contributed by atoms with E-state index < -0.39 is 35.4 Å². The van der Waals surface area contributed by atoms with Gasteiger partial charge in [-0.15, -0.1) is 0 Å². The summed E-state index contributed by atoms with van der Waals surface area (Å²) in [5.41, 5.74) is -1.05. The average molecular weight is 432 g/mol. The van der Waals surface area contributed by atoms with Crippen LogP contribution in [-0.4, -0.2) is 60.1 Å². The van der Waals surface area contributed by atoms with Gasteiger partial charge in [-0.2, -0.15) is 0 Å². The first kappa shape index (κ1) is 28.0. The van der Waals surface area contributed by atoms with Gasteiger partial charge in [-0.05, 0) is 73.8 Å². The average Bonchev–Trinajstić information content (AvgIpc) is 2.55. The summed E-state index contributed by atoms with van der Waals surface area (Å²) in [6, 6.07) is -0.640. The van der Waals surface area contributed by atoms with Crippen LogP contribution < -0.4 is 16.0 Å². The van der Waals surface area contributed by atoms with E-state index >= 15 is 0 Å². The second kappa shape index (κ2) is 14.1. The Bertz CT molecular complexity index is 526. The van der Waals surface area contributed by atoms with Crippen LogP contribution in [0.25, 0.3) is 0 Å². The Labute approximate surface area is 180 Å². The molecule has 0 aliphatic heterocycles. The van der Waals surface area contributed by atoms with E-state index in [2.05, 4.69) is 16.0 Å². The van der Waals surface area contributed by atoms with Gasteiger partial charge in [-0.1, -0.05) is 12.8 Å². The van der Waals surface area contributed by atoms with Gasteiger partial charge < -0.3 is 30.5 Å². The maximum absolute atomic E-state index is 11.6. The van der Waals surface area contributed by atoms with Gasteiger partial charge in [0.2, 0.25) is 0 Å². The first-order chi connectivity index (χ1) is 13.8. The lowest BCUT2D eigenvalue weighted by molar-refractivity contribution is -0.139. The van der Waals surface area contributed by atoms with Crippen LogP contribution in [0.2, 0.25) is 0 Å². The van der Waals surface area contributed by atoms with Crippen LogP contribution >= 0.6 is 0 Å².